The topological polar surface area (TPSA) is 84.0 Å². The molecule has 1 atom stereocenters. The van der Waals surface area contributed by atoms with Crippen LogP contribution in [0.5, 0.6) is 0 Å². The Morgan fingerprint density at radius 2 is 2.06 bits per heavy atom. The molecule has 1 aromatic carbocycles. The summed E-state index contributed by atoms with van der Waals surface area (Å²) in [5.74, 6) is -0.410. The van der Waals surface area contributed by atoms with Crippen LogP contribution in [0.1, 0.15) is 37.8 Å². The quantitative estimate of drug-likeness (QED) is 0.604. The molecule has 5 heteroatoms. The van der Waals surface area contributed by atoms with Gasteiger partial charge in [0.05, 0.1) is 16.6 Å². The molecular formula is C13H14N2O3. The maximum absolute atomic E-state index is 11.6. The number of carbonyl (C=O) groups is 1. The lowest BCUT2D eigenvalue weighted by atomic mass is 9.83. The van der Waals surface area contributed by atoms with Gasteiger partial charge in [0, 0.05) is 18.1 Å². The van der Waals surface area contributed by atoms with E-state index in [0.29, 0.717) is 5.56 Å². The maximum Gasteiger partial charge on any atom is 0.270 e. The first-order valence-corrected chi connectivity index (χ1v) is 5.57. The van der Waals surface area contributed by atoms with Gasteiger partial charge in [-0.3, -0.25) is 14.9 Å². The second-order valence-electron chi connectivity index (χ2n) is 4.47. The highest BCUT2D eigenvalue weighted by molar-refractivity contribution is 5.84. The monoisotopic (exact) mass is 246 g/mol. The summed E-state index contributed by atoms with van der Waals surface area (Å²) in [6, 6.07) is 5.97. The van der Waals surface area contributed by atoms with Crippen LogP contribution in [0.3, 0.4) is 0 Å². The van der Waals surface area contributed by atoms with Gasteiger partial charge >= 0.3 is 0 Å². The highest BCUT2D eigenvalue weighted by atomic mass is 16.6. The minimum absolute atomic E-state index is 0.0380. The van der Waals surface area contributed by atoms with Crippen molar-refractivity contribution in [2.24, 2.45) is 5.92 Å². The van der Waals surface area contributed by atoms with Gasteiger partial charge in [-0.05, 0) is 18.4 Å². The Kier molecular flexibility index (Phi) is 4.16. The molecule has 0 saturated carbocycles. The van der Waals surface area contributed by atoms with Gasteiger partial charge in [-0.25, -0.2) is 0 Å². The number of benzene rings is 1. The van der Waals surface area contributed by atoms with E-state index in [1.807, 2.05) is 19.9 Å². The smallest absolute Gasteiger partial charge is 0.270 e. The first-order valence-electron chi connectivity index (χ1n) is 5.57. The summed E-state index contributed by atoms with van der Waals surface area (Å²) in [7, 11) is 0. The van der Waals surface area contributed by atoms with Gasteiger partial charge in [-0.1, -0.05) is 19.9 Å². The molecule has 0 fully saturated rings. The van der Waals surface area contributed by atoms with Gasteiger partial charge in [0.15, 0.2) is 0 Å². The molecule has 0 amide bonds. The van der Waals surface area contributed by atoms with E-state index in [9.17, 15) is 14.9 Å². The van der Waals surface area contributed by atoms with Crippen molar-refractivity contribution in [3.63, 3.8) is 0 Å². The van der Waals surface area contributed by atoms with E-state index in [-0.39, 0.29) is 23.0 Å². The fourth-order valence-corrected chi connectivity index (χ4v) is 2.07. The summed E-state index contributed by atoms with van der Waals surface area (Å²) in [6.45, 7) is 5.23. The zero-order valence-electron chi connectivity index (χ0n) is 10.5. The lowest BCUT2D eigenvalue weighted by molar-refractivity contribution is -0.384. The number of hydrogen-bond donors (Lipinski definition) is 0. The van der Waals surface area contributed by atoms with Crippen molar-refractivity contribution < 1.29 is 9.72 Å². The van der Waals surface area contributed by atoms with E-state index in [2.05, 4.69) is 0 Å². The molecular weight excluding hydrogens is 232 g/mol. The fourth-order valence-electron chi connectivity index (χ4n) is 2.07. The van der Waals surface area contributed by atoms with Crippen molar-refractivity contribution in [2.45, 2.75) is 26.7 Å². The van der Waals surface area contributed by atoms with E-state index in [4.69, 9.17) is 5.26 Å². The molecule has 94 valence electrons. The van der Waals surface area contributed by atoms with E-state index >= 15 is 0 Å². The summed E-state index contributed by atoms with van der Waals surface area (Å²) >= 11 is 0. The number of nitriles is 1. The lowest BCUT2D eigenvalue weighted by Gasteiger charge is -2.19. The van der Waals surface area contributed by atoms with Crippen molar-refractivity contribution in [3.8, 4) is 6.07 Å². The molecule has 5 nitrogen and oxygen atoms in total. The number of nitro benzene ring substituents is 1. The molecule has 0 heterocycles. The fraction of sp³-hybridized carbons (Fsp3) is 0.385. The third-order valence-electron chi connectivity index (χ3n) is 2.81. The van der Waals surface area contributed by atoms with Gasteiger partial charge < -0.3 is 0 Å². The molecule has 1 rings (SSSR count). The van der Waals surface area contributed by atoms with E-state index < -0.39 is 10.8 Å². The third-order valence-corrected chi connectivity index (χ3v) is 2.81. The normalized spacial score (nSPS) is 11.9. The number of nitrogens with zero attached hydrogens (tertiary/aromatic N) is 2. The molecule has 1 unspecified atom stereocenters. The van der Waals surface area contributed by atoms with Crippen LogP contribution in [0.25, 0.3) is 0 Å². The third kappa shape index (κ3) is 2.72. The van der Waals surface area contributed by atoms with Crippen molar-refractivity contribution >= 4 is 11.5 Å². The number of rotatable bonds is 4. The van der Waals surface area contributed by atoms with Crippen LogP contribution < -0.4 is 0 Å². The number of hydrogen-bond acceptors (Lipinski definition) is 4. The summed E-state index contributed by atoms with van der Waals surface area (Å²) in [4.78, 5) is 21.7. The van der Waals surface area contributed by atoms with Crippen molar-refractivity contribution in [2.75, 3.05) is 0 Å². The summed E-state index contributed by atoms with van der Waals surface area (Å²) in [5, 5.41) is 19.7. The summed E-state index contributed by atoms with van der Waals surface area (Å²) in [5.41, 5.74) is 0.616. The Hall–Kier alpha value is -2.22. The van der Waals surface area contributed by atoms with Crippen LogP contribution in [-0.4, -0.2) is 10.7 Å². The van der Waals surface area contributed by atoms with Gasteiger partial charge in [-0.15, -0.1) is 0 Å². The van der Waals surface area contributed by atoms with Crippen LogP contribution in [0.15, 0.2) is 18.2 Å². The predicted octanol–water partition coefficient (Wildman–Crippen LogP) is 2.80. The van der Waals surface area contributed by atoms with E-state index in [0.717, 1.165) is 0 Å². The summed E-state index contributed by atoms with van der Waals surface area (Å²) in [6.07, 6.45) is 0. The molecule has 0 aliphatic rings. The summed E-state index contributed by atoms with van der Waals surface area (Å²) < 4.78 is 0. The molecule has 0 radical (unpaired) electrons. The van der Waals surface area contributed by atoms with Crippen molar-refractivity contribution in [3.05, 3.63) is 39.4 Å². The first kappa shape index (κ1) is 13.8. The zero-order valence-corrected chi connectivity index (χ0v) is 10.5. The zero-order chi connectivity index (χ0) is 13.9. The van der Waals surface area contributed by atoms with Crippen LogP contribution in [0.4, 0.5) is 5.69 Å². The van der Waals surface area contributed by atoms with E-state index in [1.54, 1.807) is 0 Å². The number of ketones is 1. The predicted molar refractivity (Wildman–Crippen MR) is 66.1 cm³/mol. The van der Waals surface area contributed by atoms with Gasteiger partial charge in [-0.2, -0.15) is 5.26 Å². The molecule has 18 heavy (non-hydrogen) atoms. The van der Waals surface area contributed by atoms with Gasteiger partial charge in [0.2, 0.25) is 0 Å². The highest BCUT2D eigenvalue weighted by Crippen LogP contribution is 2.30. The SMILES string of the molecule is CC(=O)C(c1ccc([N+](=O)[O-])cc1C#N)C(C)C. The maximum atomic E-state index is 11.6. The Bertz CT molecular complexity index is 530. The average Bonchev–Trinajstić information content (AvgIpc) is 2.28. The van der Waals surface area contributed by atoms with Crippen LogP contribution in [0.2, 0.25) is 0 Å². The number of carbonyl (C=O) groups excluding carboxylic acids is 1. The van der Waals surface area contributed by atoms with Crippen molar-refractivity contribution in [1.29, 1.82) is 5.26 Å². The molecule has 0 saturated heterocycles. The second-order valence-corrected chi connectivity index (χ2v) is 4.47. The Labute approximate surface area is 105 Å². The highest BCUT2D eigenvalue weighted by Gasteiger charge is 2.24. The van der Waals surface area contributed by atoms with Gasteiger partial charge in [0.25, 0.3) is 5.69 Å². The number of Topliss-reactive ketones (excluding diaryl/α,β-unsaturated/α-hetero) is 1. The average molecular weight is 246 g/mol. The first-order chi connectivity index (χ1) is 8.38. The Morgan fingerprint density at radius 1 is 1.44 bits per heavy atom. The van der Waals surface area contributed by atoms with Gasteiger partial charge in [0.1, 0.15) is 5.78 Å². The van der Waals surface area contributed by atoms with Crippen LogP contribution in [0, 0.1) is 27.4 Å². The molecule has 0 aliphatic heterocycles. The lowest BCUT2D eigenvalue weighted by Crippen LogP contribution is -2.16. The molecule has 0 N–H and O–H groups in total. The minimum atomic E-state index is -0.553. The second kappa shape index (κ2) is 5.41. The Balaban J connectivity index is 3.37. The Morgan fingerprint density at radius 3 is 2.44 bits per heavy atom. The van der Waals surface area contributed by atoms with Crippen LogP contribution in [-0.2, 0) is 4.79 Å². The largest absolute Gasteiger partial charge is 0.299 e. The molecule has 0 spiro atoms. The molecule has 0 aromatic heterocycles. The van der Waals surface area contributed by atoms with E-state index in [1.165, 1.54) is 25.1 Å². The standard InChI is InChI=1S/C13H14N2O3/c1-8(2)13(9(3)16)12-5-4-11(15(17)18)6-10(12)7-14/h4-6,8,13H,1-3H3. The van der Waals surface area contributed by atoms with Crippen molar-refractivity contribution in [1.82, 2.24) is 0 Å². The molecule has 0 bridgehead atoms. The number of nitro groups is 1. The molecule has 1 aromatic rings. The molecule has 0 aliphatic carbocycles. The minimum Gasteiger partial charge on any atom is -0.299 e. The van der Waals surface area contributed by atoms with Crippen LogP contribution >= 0.6 is 0 Å². The number of non-ortho nitro benzene ring substituents is 1.